The molecule has 1 aliphatic rings. The molecule has 1 N–H and O–H groups in total. The van der Waals surface area contributed by atoms with Gasteiger partial charge in [0.25, 0.3) is 11.8 Å². The molecule has 198 valence electrons. The van der Waals surface area contributed by atoms with Gasteiger partial charge in [0, 0.05) is 40.6 Å². The molecule has 39 heavy (non-hydrogen) atoms. The van der Waals surface area contributed by atoms with Crippen molar-refractivity contribution in [3.05, 3.63) is 99.7 Å². The van der Waals surface area contributed by atoms with E-state index in [1.54, 1.807) is 40.2 Å². The maximum absolute atomic E-state index is 13.6. The van der Waals surface area contributed by atoms with E-state index < -0.39 is 17.6 Å². The first kappa shape index (κ1) is 24.9. The Kier molecular flexibility index (Phi) is 5.98. The number of benzene rings is 1. The lowest BCUT2D eigenvalue weighted by atomic mass is 10.0. The fourth-order valence-corrected chi connectivity index (χ4v) is 5.80. The molecule has 0 unspecified atom stereocenters. The summed E-state index contributed by atoms with van der Waals surface area (Å²) >= 11 is 1.35. The number of nitrogens with one attached hydrogen (secondary N) is 1. The molecule has 1 aromatic carbocycles. The van der Waals surface area contributed by atoms with Gasteiger partial charge >= 0.3 is 6.18 Å². The van der Waals surface area contributed by atoms with Gasteiger partial charge in [0.2, 0.25) is 0 Å². The van der Waals surface area contributed by atoms with E-state index in [0.29, 0.717) is 42.1 Å². The Labute approximate surface area is 224 Å². The summed E-state index contributed by atoms with van der Waals surface area (Å²) in [5, 5.41) is 4.33. The molecule has 5 heterocycles. The molecule has 12 heteroatoms. The number of imidazole rings is 2. The second-order valence-electron chi connectivity index (χ2n) is 9.24. The summed E-state index contributed by atoms with van der Waals surface area (Å²) in [6.07, 6.45) is 2.22. The van der Waals surface area contributed by atoms with Crippen molar-refractivity contribution in [2.45, 2.75) is 26.1 Å². The van der Waals surface area contributed by atoms with Gasteiger partial charge in [0.15, 0.2) is 0 Å². The van der Waals surface area contributed by atoms with Gasteiger partial charge in [0.1, 0.15) is 11.3 Å². The summed E-state index contributed by atoms with van der Waals surface area (Å²) < 4.78 is 44.1. The number of nitrogens with zero attached hydrogens (tertiary/aromatic N) is 5. The fourth-order valence-electron chi connectivity index (χ4n) is 4.70. The highest BCUT2D eigenvalue weighted by molar-refractivity contribution is 7.10. The third kappa shape index (κ3) is 4.67. The van der Waals surface area contributed by atoms with Crippen molar-refractivity contribution in [1.29, 1.82) is 0 Å². The maximum atomic E-state index is 13.6. The van der Waals surface area contributed by atoms with Gasteiger partial charge in [0.05, 0.1) is 35.9 Å². The second-order valence-corrected chi connectivity index (χ2v) is 10.2. The number of thiophene rings is 1. The van der Waals surface area contributed by atoms with E-state index in [0.717, 1.165) is 22.6 Å². The molecule has 4 aromatic heterocycles. The number of hydrogen-bond acceptors (Lipinski definition) is 5. The number of pyridine rings is 1. The van der Waals surface area contributed by atoms with Crippen LogP contribution in [-0.2, 0) is 19.1 Å². The summed E-state index contributed by atoms with van der Waals surface area (Å²) in [7, 11) is 0. The van der Waals surface area contributed by atoms with Gasteiger partial charge in [-0.2, -0.15) is 13.2 Å². The topological polar surface area (TPSA) is 84.5 Å². The minimum absolute atomic E-state index is 0.0244. The van der Waals surface area contributed by atoms with Gasteiger partial charge < -0.3 is 14.8 Å². The molecule has 0 aliphatic carbocycles. The van der Waals surface area contributed by atoms with Crippen LogP contribution >= 0.6 is 11.3 Å². The van der Waals surface area contributed by atoms with Crippen LogP contribution in [0.4, 0.5) is 18.9 Å². The third-order valence-electron chi connectivity index (χ3n) is 6.63. The lowest BCUT2D eigenvalue weighted by molar-refractivity contribution is -0.137. The maximum Gasteiger partial charge on any atom is 0.416 e. The minimum Gasteiger partial charge on any atom is -0.332 e. The van der Waals surface area contributed by atoms with Crippen molar-refractivity contribution in [3.63, 3.8) is 0 Å². The number of carbonyl (C=O) groups excluding carboxylic acids is 2. The Morgan fingerprint density at radius 1 is 1.13 bits per heavy atom. The summed E-state index contributed by atoms with van der Waals surface area (Å²) in [4.78, 5) is 37.4. The molecule has 0 bridgehead atoms. The highest BCUT2D eigenvalue weighted by Gasteiger charge is 2.32. The zero-order valence-electron chi connectivity index (χ0n) is 20.6. The van der Waals surface area contributed by atoms with Crippen LogP contribution in [0, 0.1) is 6.92 Å². The van der Waals surface area contributed by atoms with Crippen molar-refractivity contribution < 1.29 is 22.8 Å². The lowest BCUT2D eigenvalue weighted by Gasteiger charge is -2.27. The van der Waals surface area contributed by atoms with E-state index in [2.05, 4.69) is 15.3 Å². The van der Waals surface area contributed by atoms with E-state index in [-0.39, 0.29) is 17.3 Å². The largest absolute Gasteiger partial charge is 0.416 e. The summed E-state index contributed by atoms with van der Waals surface area (Å²) in [6.45, 7) is 2.47. The number of halogens is 3. The summed E-state index contributed by atoms with van der Waals surface area (Å²) in [5.74, 6) is -0.661. The van der Waals surface area contributed by atoms with E-state index in [4.69, 9.17) is 0 Å². The molecular weight excluding hydrogens is 529 g/mol. The van der Waals surface area contributed by atoms with Crippen LogP contribution in [0.5, 0.6) is 0 Å². The molecule has 0 atom stereocenters. The number of aromatic nitrogens is 4. The van der Waals surface area contributed by atoms with Crippen molar-refractivity contribution in [3.8, 4) is 5.69 Å². The molecule has 1 aliphatic heterocycles. The third-order valence-corrected chi connectivity index (χ3v) is 7.64. The monoisotopic (exact) mass is 550 g/mol. The van der Waals surface area contributed by atoms with Crippen LogP contribution in [0.3, 0.4) is 0 Å². The van der Waals surface area contributed by atoms with Crippen molar-refractivity contribution in [1.82, 2.24) is 23.8 Å². The number of fused-ring (bicyclic) bond motifs is 2. The molecule has 0 radical (unpaired) electrons. The van der Waals surface area contributed by atoms with E-state index in [1.807, 2.05) is 18.2 Å². The number of aryl methyl sites for hydroxylation is 1. The number of alkyl halides is 3. The van der Waals surface area contributed by atoms with Crippen molar-refractivity contribution in [2.24, 2.45) is 0 Å². The van der Waals surface area contributed by atoms with Crippen molar-refractivity contribution >= 4 is 34.5 Å². The first-order chi connectivity index (χ1) is 18.7. The molecular formula is C27H21F3N6O2S. The highest BCUT2D eigenvalue weighted by Crippen LogP contribution is 2.34. The van der Waals surface area contributed by atoms with E-state index in [1.165, 1.54) is 28.3 Å². The predicted molar refractivity (Wildman–Crippen MR) is 139 cm³/mol. The van der Waals surface area contributed by atoms with Crippen LogP contribution in [-0.4, -0.2) is 42.2 Å². The number of carbonyl (C=O) groups is 2. The van der Waals surface area contributed by atoms with Crippen molar-refractivity contribution in [2.75, 3.05) is 11.9 Å². The number of amides is 2. The Morgan fingerprint density at radius 2 is 1.97 bits per heavy atom. The Hall–Kier alpha value is -4.45. The quantitative estimate of drug-likeness (QED) is 0.327. The zero-order chi connectivity index (χ0) is 27.3. The lowest BCUT2D eigenvalue weighted by Crippen LogP contribution is -2.36. The van der Waals surface area contributed by atoms with Gasteiger partial charge in [-0.1, -0.05) is 6.07 Å². The minimum atomic E-state index is -4.59. The summed E-state index contributed by atoms with van der Waals surface area (Å²) in [6, 6.07) is 8.90. The molecule has 0 fully saturated rings. The van der Waals surface area contributed by atoms with Gasteiger partial charge in [-0.15, -0.1) is 11.3 Å². The van der Waals surface area contributed by atoms with Crippen LogP contribution < -0.4 is 5.32 Å². The molecule has 2 amide bonds. The van der Waals surface area contributed by atoms with Crippen LogP contribution in [0.15, 0.2) is 66.7 Å². The highest BCUT2D eigenvalue weighted by atomic mass is 32.1. The van der Waals surface area contributed by atoms with Crippen LogP contribution in [0.1, 0.15) is 42.5 Å². The number of anilines is 1. The molecule has 0 spiro atoms. The molecule has 6 rings (SSSR count). The Balaban J connectivity index is 1.23. The second kappa shape index (κ2) is 9.38. The van der Waals surface area contributed by atoms with Crippen LogP contribution in [0.25, 0.3) is 11.3 Å². The predicted octanol–water partition coefficient (Wildman–Crippen LogP) is 5.36. The number of rotatable bonds is 4. The van der Waals surface area contributed by atoms with Gasteiger partial charge in [-0.05, 0) is 49.2 Å². The van der Waals surface area contributed by atoms with E-state index >= 15 is 0 Å². The van der Waals surface area contributed by atoms with Gasteiger partial charge in [-0.25, -0.2) is 9.97 Å². The molecule has 5 aromatic rings. The fraction of sp³-hybridized carbons (Fsp3) is 0.185. The zero-order valence-corrected chi connectivity index (χ0v) is 21.4. The average Bonchev–Trinajstić information content (AvgIpc) is 3.65. The van der Waals surface area contributed by atoms with E-state index in [9.17, 15) is 22.8 Å². The average molecular weight is 551 g/mol. The Morgan fingerprint density at radius 3 is 2.74 bits per heavy atom. The first-order valence-corrected chi connectivity index (χ1v) is 12.9. The normalized spacial score (nSPS) is 13.5. The molecule has 0 saturated heterocycles. The van der Waals surface area contributed by atoms with Gasteiger partial charge in [-0.3, -0.25) is 14.0 Å². The number of hydrogen-bond donors (Lipinski definition) is 1. The summed E-state index contributed by atoms with van der Waals surface area (Å²) in [5.41, 5.74) is 2.36. The molecule has 0 saturated carbocycles. The standard InChI is InChI=1S/C27H21F3N6O2S/c1-16-12-35(15-32-16)19-9-17(27(28,29)30)8-18(10-19)33-25(37)21-14-39-23-13-34(7-5-20(21)23)26(38)22-11-31-24-4-2-3-6-36(22)24/h2-4,6,8-12,14-15H,5,7,13H2,1H3,(H,33,37). The first-order valence-electron chi connectivity index (χ1n) is 12.0. The smallest absolute Gasteiger partial charge is 0.332 e. The Bertz CT molecular complexity index is 1730. The van der Waals surface area contributed by atoms with Crippen LogP contribution in [0.2, 0.25) is 0 Å². The molecule has 8 nitrogen and oxygen atoms in total. The SMILES string of the molecule is Cc1cn(-c2cc(NC(=O)c3csc4c3CCN(C(=O)c3cnc5ccccn35)C4)cc(C(F)(F)F)c2)cn1.